The van der Waals surface area contributed by atoms with Gasteiger partial charge in [-0.2, -0.15) is 5.26 Å². The van der Waals surface area contributed by atoms with E-state index >= 15 is 0 Å². The Kier molecular flexibility index (Phi) is 6.00. The molecular weight excluding hydrogens is 232 g/mol. The summed E-state index contributed by atoms with van der Waals surface area (Å²) < 4.78 is 25.4. The molecule has 0 rings (SSSR count). The highest BCUT2D eigenvalue weighted by Gasteiger charge is 2.25. The summed E-state index contributed by atoms with van der Waals surface area (Å²) in [4.78, 5) is 10.3. The predicted octanol–water partition coefficient (Wildman–Crippen LogP) is 0.461. The lowest BCUT2D eigenvalue weighted by Crippen LogP contribution is -2.39. The first-order chi connectivity index (χ1) is 7.33. The molecule has 0 aliphatic heterocycles. The molecule has 0 spiro atoms. The average Bonchev–Trinajstić information content (AvgIpc) is 2.15. The van der Waals surface area contributed by atoms with Crippen molar-refractivity contribution in [1.29, 1.82) is 5.26 Å². The first kappa shape index (κ1) is 14.9. The Hall–Kier alpha value is -1.13. The summed E-state index contributed by atoms with van der Waals surface area (Å²) in [7, 11) is -3.67. The summed E-state index contributed by atoms with van der Waals surface area (Å²) in [6.45, 7) is 3.18. The summed E-state index contributed by atoms with van der Waals surface area (Å²) in [6.07, 6.45) is 0.306. The SMILES string of the molecule is CCC(C#N)S(=O)(=O)NC(C)CCC(=O)O. The third-order valence-electron chi connectivity index (χ3n) is 2.05. The zero-order valence-electron chi connectivity index (χ0n) is 9.30. The van der Waals surface area contributed by atoms with Gasteiger partial charge in [-0.1, -0.05) is 6.92 Å². The van der Waals surface area contributed by atoms with Crippen LogP contribution in [-0.2, 0) is 14.8 Å². The van der Waals surface area contributed by atoms with E-state index in [0.29, 0.717) is 0 Å². The molecule has 0 saturated carbocycles. The van der Waals surface area contributed by atoms with Gasteiger partial charge >= 0.3 is 5.97 Å². The average molecular weight is 248 g/mol. The molecule has 0 fully saturated rings. The van der Waals surface area contributed by atoms with Gasteiger partial charge in [0.05, 0.1) is 6.07 Å². The molecule has 0 bridgehead atoms. The number of rotatable bonds is 7. The summed E-state index contributed by atoms with van der Waals surface area (Å²) in [6, 6.07) is 1.21. The normalized spacial score (nSPS) is 15.1. The molecule has 0 aromatic rings. The fraction of sp³-hybridized carbons (Fsp3) is 0.778. The van der Waals surface area contributed by atoms with Crippen molar-refractivity contribution >= 4 is 16.0 Å². The smallest absolute Gasteiger partial charge is 0.303 e. The van der Waals surface area contributed by atoms with E-state index in [1.54, 1.807) is 19.9 Å². The third kappa shape index (κ3) is 5.09. The van der Waals surface area contributed by atoms with Gasteiger partial charge in [0.1, 0.15) is 0 Å². The summed E-state index contributed by atoms with van der Waals surface area (Å²) in [5.74, 6) is -0.974. The van der Waals surface area contributed by atoms with Crippen molar-refractivity contribution in [2.45, 2.75) is 44.4 Å². The molecule has 2 atom stereocenters. The van der Waals surface area contributed by atoms with E-state index in [0.717, 1.165) is 0 Å². The van der Waals surface area contributed by atoms with Gasteiger partial charge in [-0.3, -0.25) is 4.79 Å². The number of aliphatic carboxylic acids is 1. The van der Waals surface area contributed by atoms with E-state index in [1.807, 2.05) is 0 Å². The van der Waals surface area contributed by atoms with Crippen molar-refractivity contribution in [2.24, 2.45) is 0 Å². The zero-order chi connectivity index (χ0) is 12.8. The van der Waals surface area contributed by atoms with Crippen LogP contribution >= 0.6 is 0 Å². The van der Waals surface area contributed by atoms with Crippen LogP contribution in [0.15, 0.2) is 0 Å². The van der Waals surface area contributed by atoms with E-state index in [-0.39, 0.29) is 19.3 Å². The second-order valence-electron chi connectivity index (χ2n) is 3.52. The van der Waals surface area contributed by atoms with E-state index in [9.17, 15) is 13.2 Å². The lowest BCUT2D eigenvalue weighted by molar-refractivity contribution is -0.137. The Morgan fingerprint density at radius 2 is 2.12 bits per heavy atom. The van der Waals surface area contributed by atoms with E-state index in [2.05, 4.69) is 4.72 Å². The van der Waals surface area contributed by atoms with Crippen LogP contribution in [0.3, 0.4) is 0 Å². The van der Waals surface area contributed by atoms with Crippen LogP contribution in [0.1, 0.15) is 33.1 Å². The highest BCUT2D eigenvalue weighted by atomic mass is 32.2. The van der Waals surface area contributed by atoms with Crippen LogP contribution < -0.4 is 4.72 Å². The van der Waals surface area contributed by atoms with E-state index < -0.39 is 27.3 Å². The topological polar surface area (TPSA) is 107 Å². The van der Waals surface area contributed by atoms with Crippen molar-refractivity contribution in [3.63, 3.8) is 0 Å². The monoisotopic (exact) mass is 248 g/mol. The molecule has 6 nitrogen and oxygen atoms in total. The minimum Gasteiger partial charge on any atom is -0.481 e. The maximum atomic E-state index is 11.6. The fourth-order valence-electron chi connectivity index (χ4n) is 1.14. The molecule has 0 radical (unpaired) electrons. The van der Waals surface area contributed by atoms with Crippen LogP contribution in [0.4, 0.5) is 0 Å². The molecule has 0 amide bonds. The molecule has 0 aromatic heterocycles. The minimum absolute atomic E-state index is 0.104. The van der Waals surface area contributed by atoms with Crippen molar-refractivity contribution in [2.75, 3.05) is 0 Å². The summed E-state index contributed by atoms with van der Waals surface area (Å²) >= 11 is 0. The molecule has 0 aromatic carbocycles. The molecule has 0 aliphatic rings. The Bertz CT molecular complexity index is 371. The number of carboxylic acids is 1. The minimum atomic E-state index is -3.67. The van der Waals surface area contributed by atoms with Crippen molar-refractivity contribution in [3.05, 3.63) is 0 Å². The van der Waals surface area contributed by atoms with Crippen LogP contribution in [0, 0.1) is 11.3 Å². The van der Waals surface area contributed by atoms with Gasteiger partial charge in [0.2, 0.25) is 10.0 Å². The van der Waals surface area contributed by atoms with Gasteiger partial charge in [-0.05, 0) is 19.8 Å². The summed E-state index contributed by atoms with van der Waals surface area (Å²) in [5, 5.41) is 16.0. The van der Waals surface area contributed by atoms with Crippen LogP contribution in [0.2, 0.25) is 0 Å². The van der Waals surface area contributed by atoms with Gasteiger partial charge < -0.3 is 5.11 Å². The van der Waals surface area contributed by atoms with E-state index in [4.69, 9.17) is 10.4 Å². The standard InChI is InChI=1S/C9H16N2O4S/c1-3-8(6-10)16(14,15)11-7(2)4-5-9(12)13/h7-8,11H,3-5H2,1-2H3,(H,12,13). The second-order valence-corrected chi connectivity index (χ2v) is 5.42. The van der Waals surface area contributed by atoms with Gasteiger partial charge in [0, 0.05) is 12.5 Å². The van der Waals surface area contributed by atoms with Gasteiger partial charge in [0.25, 0.3) is 0 Å². The highest BCUT2D eigenvalue weighted by molar-refractivity contribution is 7.90. The largest absolute Gasteiger partial charge is 0.481 e. The molecule has 2 unspecified atom stereocenters. The van der Waals surface area contributed by atoms with E-state index in [1.165, 1.54) is 0 Å². The van der Waals surface area contributed by atoms with Crippen LogP contribution in [0.5, 0.6) is 0 Å². The first-order valence-corrected chi connectivity index (χ1v) is 6.50. The number of nitrogens with zero attached hydrogens (tertiary/aromatic N) is 1. The third-order valence-corrected chi connectivity index (χ3v) is 3.96. The highest BCUT2D eigenvalue weighted by Crippen LogP contribution is 2.06. The molecular formula is C9H16N2O4S. The molecule has 7 heteroatoms. The maximum Gasteiger partial charge on any atom is 0.303 e. The number of nitrogens with one attached hydrogen (secondary N) is 1. The maximum absolute atomic E-state index is 11.6. The zero-order valence-corrected chi connectivity index (χ0v) is 10.1. The molecule has 2 N–H and O–H groups in total. The number of nitriles is 1. The number of carbonyl (C=O) groups is 1. The van der Waals surface area contributed by atoms with Crippen molar-refractivity contribution < 1.29 is 18.3 Å². The second kappa shape index (κ2) is 6.45. The molecule has 16 heavy (non-hydrogen) atoms. The molecule has 0 saturated heterocycles. The van der Waals surface area contributed by atoms with Gasteiger partial charge in [-0.15, -0.1) is 0 Å². The van der Waals surface area contributed by atoms with Crippen molar-refractivity contribution in [3.8, 4) is 6.07 Å². The Labute approximate surface area is 95.3 Å². The van der Waals surface area contributed by atoms with Crippen molar-refractivity contribution in [1.82, 2.24) is 4.72 Å². The lowest BCUT2D eigenvalue weighted by atomic mass is 10.2. The number of carboxylic acid groups (broad SMARTS) is 1. The van der Waals surface area contributed by atoms with Gasteiger partial charge in [0.15, 0.2) is 5.25 Å². The fourth-order valence-corrected chi connectivity index (χ4v) is 2.56. The number of hydrogen-bond acceptors (Lipinski definition) is 4. The Balaban J connectivity index is 4.37. The van der Waals surface area contributed by atoms with Gasteiger partial charge in [-0.25, -0.2) is 13.1 Å². The molecule has 0 aliphatic carbocycles. The summed E-state index contributed by atoms with van der Waals surface area (Å²) in [5.41, 5.74) is 0. The quantitative estimate of drug-likeness (QED) is 0.680. The molecule has 92 valence electrons. The Morgan fingerprint density at radius 3 is 2.50 bits per heavy atom. The number of sulfonamides is 1. The predicted molar refractivity (Wildman–Crippen MR) is 58.1 cm³/mol. The van der Waals surface area contributed by atoms with Crippen LogP contribution in [-0.4, -0.2) is 30.8 Å². The molecule has 0 heterocycles. The van der Waals surface area contributed by atoms with Crippen LogP contribution in [0.25, 0.3) is 0 Å². The lowest BCUT2D eigenvalue weighted by Gasteiger charge is -2.15. The first-order valence-electron chi connectivity index (χ1n) is 4.96. The number of hydrogen-bond donors (Lipinski definition) is 2. The Morgan fingerprint density at radius 1 is 1.56 bits per heavy atom.